The molecule has 0 rings (SSSR count). The Balaban J connectivity index is 0. The summed E-state index contributed by atoms with van der Waals surface area (Å²) in [5.41, 5.74) is 0. The topological polar surface area (TPSA) is 0 Å². The Morgan fingerprint density at radius 1 is 1.60 bits per heavy atom. The molecule has 0 aromatic heterocycles. The maximum absolute atomic E-state index is 10.7. The van der Waals surface area contributed by atoms with Crippen LogP contribution in [0.15, 0.2) is 0 Å². The van der Waals surface area contributed by atoms with Gasteiger partial charge in [-0.1, -0.05) is 0 Å². The van der Waals surface area contributed by atoms with Crippen LogP contribution in [0.4, 0.5) is 4.39 Å². The summed E-state index contributed by atoms with van der Waals surface area (Å²) in [6.07, 6.45) is 0.403. The molecule has 0 unspecified atom stereocenters. The van der Waals surface area contributed by atoms with E-state index in [2.05, 4.69) is 6.92 Å². The van der Waals surface area contributed by atoms with Gasteiger partial charge < -0.3 is 6.92 Å². The SMILES string of the molecule is [CH2-]CCF.[Fe]. The largest absolute Gasteiger partial charge is 0.341 e. The first-order valence-electron chi connectivity index (χ1n) is 1.27. The summed E-state index contributed by atoms with van der Waals surface area (Å²) >= 11 is 0. The van der Waals surface area contributed by atoms with Crippen molar-refractivity contribution in [2.45, 2.75) is 6.42 Å². The van der Waals surface area contributed by atoms with Crippen LogP contribution < -0.4 is 0 Å². The molecular weight excluding hydrogens is 111 g/mol. The zero-order chi connectivity index (χ0) is 3.41. The van der Waals surface area contributed by atoms with E-state index in [9.17, 15) is 4.39 Å². The van der Waals surface area contributed by atoms with Crippen molar-refractivity contribution in [2.24, 2.45) is 0 Å². The number of alkyl halides is 1. The van der Waals surface area contributed by atoms with Gasteiger partial charge in [-0.2, -0.15) is 6.42 Å². The van der Waals surface area contributed by atoms with Gasteiger partial charge in [-0.05, 0) is 0 Å². The second-order valence-corrected chi connectivity index (χ2v) is 0.543. The van der Waals surface area contributed by atoms with Crippen molar-refractivity contribution in [3.05, 3.63) is 6.92 Å². The molecule has 0 bridgehead atoms. The molecule has 34 valence electrons. The third-order valence-corrected chi connectivity index (χ3v) is 0.134. The van der Waals surface area contributed by atoms with E-state index in [1.165, 1.54) is 0 Å². The maximum Gasteiger partial charge on any atom is 0.0624 e. The molecule has 0 heterocycles. The van der Waals surface area contributed by atoms with E-state index in [4.69, 9.17) is 0 Å². The van der Waals surface area contributed by atoms with Crippen molar-refractivity contribution < 1.29 is 21.5 Å². The molecule has 0 aromatic carbocycles. The van der Waals surface area contributed by atoms with Crippen LogP contribution in [0.25, 0.3) is 0 Å². The van der Waals surface area contributed by atoms with Crippen LogP contribution in [-0.4, -0.2) is 6.67 Å². The summed E-state index contributed by atoms with van der Waals surface area (Å²) in [5, 5.41) is 0. The molecule has 0 saturated carbocycles. The summed E-state index contributed by atoms with van der Waals surface area (Å²) in [4.78, 5) is 0. The van der Waals surface area contributed by atoms with Gasteiger partial charge in [-0.3, -0.25) is 4.39 Å². The Labute approximate surface area is 42.2 Å². The first-order valence-corrected chi connectivity index (χ1v) is 1.27. The number of hydrogen-bond acceptors (Lipinski definition) is 0. The zero-order valence-electron chi connectivity index (χ0n) is 2.85. The van der Waals surface area contributed by atoms with Gasteiger partial charge in [0, 0.05) is 17.1 Å². The van der Waals surface area contributed by atoms with Crippen LogP contribution in [0.2, 0.25) is 0 Å². The second kappa shape index (κ2) is 8.82. The first kappa shape index (κ1) is 9.07. The van der Waals surface area contributed by atoms with Gasteiger partial charge in [0.2, 0.25) is 0 Å². The average Bonchev–Trinajstić information content (AvgIpc) is 1.37. The third kappa shape index (κ3) is 12.7. The second-order valence-electron chi connectivity index (χ2n) is 0.543. The minimum Gasteiger partial charge on any atom is -0.341 e. The normalized spacial score (nSPS) is 6.00. The Kier molecular flexibility index (Phi) is 16.0. The molecular formula is C3H6FFe-. The van der Waals surface area contributed by atoms with Gasteiger partial charge >= 0.3 is 0 Å². The maximum atomic E-state index is 10.7. The summed E-state index contributed by atoms with van der Waals surface area (Å²) in [5.74, 6) is 0. The average molecular weight is 117 g/mol. The summed E-state index contributed by atoms with van der Waals surface area (Å²) in [6, 6.07) is 0. The van der Waals surface area contributed by atoms with E-state index in [0.717, 1.165) is 0 Å². The van der Waals surface area contributed by atoms with Crippen LogP contribution >= 0.6 is 0 Å². The van der Waals surface area contributed by atoms with Gasteiger partial charge in [-0.15, -0.1) is 0 Å². The zero-order valence-corrected chi connectivity index (χ0v) is 3.96. The Morgan fingerprint density at radius 3 is 1.80 bits per heavy atom. The standard InChI is InChI=1S/C3H6F.Fe/c1-2-3-4;/h1-3H2;/q-1;. The Hall–Kier alpha value is 0.449. The first-order chi connectivity index (χ1) is 1.91. The molecule has 0 nitrogen and oxygen atoms in total. The van der Waals surface area contributed by atoms with Crippen molar-refractivity contribution in [2.75, 3.05) is 6.67 Å². The van der Waals surface area contributed by atoms with E-state index in [1.807, 2.05) is 0 Å². The Bertz CT molecular complexity index is 8.85. The van der Waals surface area contributed by atoms with E-state index < -0.39 is 0 Å². The number of rotatable bonds is 1. The van der Waals surface area contributed by atoms with Crippen LogP contribution in [0, 0.1) is 6.92 Å². The van der Waals surface area contributed by atoms with Crippen molar-refractivity contribution in [1.29, 1.82) is 0 Å². The fraction of sp³-hybridized carbons (Fsp3) is 0.667. The molecule has 2 heteroatoms. The van der Waals surface area contributed by atoms with Crippen LogP contribution in [-0.2, 0) is 17.1 Å². The molecule has 0 saturated heterocycles. The van der Waals surface area contributed by atoms with Crippen molar-refractivity contribution in [1.82, 2.24) is 0 Å². The molecule has 0 N–H and O–H groups in total. The molecule has 0 aromatic rings. The molecule has 0 aliphatic rings. The molecule has 0 fully saturated rings. The van der Waals surface area contributed by atoms with E-state index in [-0.39, 0.29) is 23.7 Å². The van der Waals surface area contributed by atoms with Crippen molar-refractivity contribution in [3.8, 4) is 0 Å². The molecule has 0 radical (unpaired) electrons. The molecule has 5 heavy (non-hydrogen) atoms. The number of hydrogen-bond donors (Lipinski definition) is 0. The van der Waals surface area contributed by atoms with Crippen LogP contribution in [0.5, 0.6) is 0 Å². The summed E-state index contributed by atoms with van der Waals surface area (Å²) in [6.45, 7) is 2.94. The predicted octanol–water partition coefficient (Wildman–Crippen LogP) is 1.18. The van der Waals surface area contributed by atoms with Crippen LogP contribution in [0.1, 0.15) is 6.42 Å². The van der Waals surface area contributed by atoms with Crippen molar-refractivity contribution >= 4 is 0 Å². The number of halogens is 1. The molecule has 0 amide bonds. The Morgan fingerprint density at radius 2 is 1.80 bits per heavy atom. The quantitative estimate of drug-likeness (QED) is 0.357. The smallest absolute Gasteiger partial charge is 0.0624 e. The van der Waals surface area contributed by atoms with Gasteiger partial charge in [0.1, 0.15) is 0 Å². The van der Waals surface area contributed by atoms with Gasteiger partial charge in [0.15, 0.2) is 0 Å². The predicted molar refractivity (Wildman–Crippen MR) is 15.9 cm³/mol. The molecule has 0 atom stereocenters. The monoisotopic (exact) mass is 117 g/mol. The molecule has 0 aliphatic carbocycles. The van der Waals surface area contributed by atoms with Crippen molar-refractivity contribution in [3.63, 3.8) is 0 Å². The summed E-state index contributed by atoms with van der Waals surface area (Å²) < 4.78 is 10.7. The van der Waals surface area contributed by atoms with E-state index in [1.54, 1.807) is 0 Å². The molecule has 0 spiro atoms. The fourth-order valence-corrected chi connectivity index (χ4v) is 0. The molecule has 0 aliphatic heterocycles. The minimum atomic E-state index is -0.292. The van der Waals surface area contributed by atoms with Gasteiger partial charge in [-0.25, -0.2) is 0 Å². The summed E-state index contributed by atoms with van der Waals surface area (Å²) in [7, 11) is 0. The fourth-order valence-electron chi connectivity index (χ4n) is 0. The minimum absolute atomic E-state index is 0. The van der Waals surface area contributed by atoms with Gasteiger partial charge in [0.25, 0.3) is 0 Å². The van der Waals surface area contributed by atoms with E-state index >= 15 is 0 Å². The van der Waals surface area contributed by atoms with Crippen LogP contribution in [0.3, 0.4) is 0 Å². The van der Waals surface area contributed by atoms with Gasteiger partial charge in [0.05, 0.1) is 6.67 Å². The van der Waals surface area contributed by atoms with E-state index in [0.29, 0.717) is 6.42 Å². The third-order valence-electron chi connectivity index (χ3n) is 0.134.